The number of piperidine rings is 1. The van der Waals surface area contributed by atoms with E-state index in [9.17, 15) is 4.79 Å². The summed E-state index contributed by atoms with van der Waals surface area (Å²) < 4.78 is 0. The minimum atomic E-state index is 0.286. The van der Waals surface area contributed by atoms with E-state index in [1.165, 1.54) is 6.42 Å². The van der Waals surface area contributed by atoms with Gasteiger partial charge in [-0.05, 0) is 32.9 Å². The predicted octanol–water partition coefficient (Wildman–Crippen LogP) is 1.16. The Morgan fingerprint density at radius 3 is 2.64 bits per heavy atom. The van der Waals surface area contributed by atoms with Crippen LogP contribution in [0.5, 0.6) is 0 Å². The van der Waals surface area contributed by atoms with Crippen LogP contribution in [0.25, 0.3) is 0 Å². The third-order valence-electron chi connectivity index (χ3n) is 2.68. The van der Waals surface area contributed by atoms with Crippen molar-refractivity contribution in [2.75, 3.05) is 20.1 Å². The van der Waals surface area contributed by atoms with Crippen LogP contribution >= 0.6 is 0 Å². The van der Waals surface area contributed by atoms with Crippen LogP contribution in [0.2, 0.25) is 0 Å². The van der Waals surface area contributed by atoms with E-state index in [1.54, 1.807) is 6.92 Å². The van der Waals surface area contributed by atoms with E-state index in [0.29, 0.717) is 11.7 Å². The minimum Gasteiger partial charge on any atom is -0.306 e. The lowest BCUT2D eigenvalue weighted by atomic mass is 9.85. The van der Waals surface area contributed by atoms with Crippen molar-refractivity contribution < 1.29 is 4.79 Å². The van der Waals surface area contributed by atoms with Gasteiger partial charge in [0.05, 0.1) is 0 Å². The summed E-state index contributed by atoms with van der Waals surface area (Å²) in [7, 11) is 2.09. The molecule has 0 aromatic carbocycles. The zero-order valence-corrected chi connectivity index (χ0v) is 7.63. The molecule has 2 atom stereocenters. The molecule has 64 valence electrons. The van der Waals surface area contributed by atoms with Crippen LogP contribution in [0.1, 0.15) is 20.3 Å². The average Bonchev–Trinajstić information content (AvgIpc) is 1.94. The molecule has 1 aliphatic heterocycles. The van der Waals surface area contributed by atoms with Crippen LogP contribution in [0.3, 0.4) is 0 Å². The van der Waals surface area contributed by atoms with E-state index in [0.717, 1.165) is 13.1 Å². The second-order valence-corrected chi connectivity index (χ2v) is 3.75. The van der Waals surface area contributed by atoms with E-state index >= 15 is 0 Å². The fraction of sp³-hybridized carbons (Fsp3) is 0.889. The second kappa shape index (κ2) is 3.35. The van der Waals surface area contributed by atoms with Crippen LogP contribution < -0.4 is 0 Å². The largest absolute Gasteiger partial charge is 0.306 e. The number of likely N-dealkylation sites (tertiary alicyclic amines) is 1. The summed E-state index contributed by atoms with van der Waals surface area (Å²) in [6, 6.07) is 0. The first-order valence-electron chi connectivity index (χ1n) is 4.30. The quantitative estimate of drug-likeness (QED) is 0.566. The highest BCUT2D eigenvalue weighted by Gasteiger charge is 2.27. The molecule has 11 heavy (non-hydrogen) atoms. The SMILES string of the molecule is CC(=O)C1CN(C)CCC1C. The van der Waals surface area contributed by atoms with Gasteiger partial charge in [-0.25, -0.2) is 0 Å². The molecule has 2 heteroatoms. The molecule has 0 radical (unpaired) electrons. The summed E-state index contributed by atoms with van der Waals surface area (Å²) in [5.41, 5.74) is 0. The van der Waals surface area contributed by atoms with Gasteiger partial charge in [0.2, 0.25) is 0 Å². The molecule has 0 bridgehead atoms. The molecule has 1 aliphatic rings. The number of nitrogens with zero attached hydrogens (tertiary/aromatic N) is 1. The van der Waals surface area contributed by atoms with Crippen LogP contribution in [0.15, 0.2) is 0 Å². The van der Waals surface area contributed by atoms with Crippen LogP contribution in [0, 0.1) is 11.8 Å². The maximum atomic E-state index is 11.1. The molecule has 1 heterocycles. The first-order chi connectivity index (χ1) is 5.11. The van der Waals surface area contributed by atoms with Crippen molar-refractivity contribution in [2.45, 2.75) is 20.3 Å². The molecule has 1 saturated heterocycles. The van der Waals surface area contributed by atoms with Crippen molar-refractivity contribution in [3.8, 4) is 0 Å². The number of rotatable bonds is 1. The highest BCUT2D eigenvalue weighted by Crippen LogP contribution is 2.22. The van der Waals surface area contributed by atoms with Crippen molar-refractivity contribution >= 4 is 5.78 Å². The summed E-state index contributed by atoms with van der Waals surface area (Å²) in [4.78, 5) is 13.4. The van der Waals surface area contributed by atoms with Gasteiger partial charge in [-0.3, -0.25) is 4.79 Å². The van der Waals surface area contributed by atoms with Gasteiger partial charge in [0, 0.05) is 12.5 Å². The lowest BCUT2D eigenvalue weighted by Crippen LogP contribution is -2.40. The fourth-order valence-corrected chi connectivity index (χ4v) is 1.76. The van der Waals surface area contributed by atoms with Crippen molar-refractivity contribution in [1.82, 2.24) is 4.90 Å². The van der Waals surface area contributed by atoms with Crippen LogP contribution in [-0.2, 0) is 4.79 Å². The highest BCUT2D eigenvalue weighted by molar-refractivity contribution is 5.78. The minimum absolute atomic E-state index is 0.286. The molecule has 0 aromatic rings. The molecular weight excluding hydrogens is 138 g/mol. The summed E-state index contributed by atoms with van der Waals surface area (Å²) in [5.74, 6) is 1.22. The molecule has 0 amide bonds. The van der Waals surface area contributed by atoms with Crippen molar-refractivity contribution in [1.29, 1.82) is 0 Å². The number of hydrogen-bond donors (Lipinski definition) is 0. The maximum Gasteiger partial charge on any atom is 0.134 e. The Hall–Kier alpha value is -0.370. The number of carbonyl (C=O) groups is 1. The van der Waals surface area contributed by atoms with Gasteiger partial charge >= 0.3 is 0 Å². The first-order valence-corrected chi connectivity index (χ1v) is 4.30. The number of carbonyl (C=O) groups excluding carboxylic acids is 1. The Balaban J connectivity index is 2.54. The summed E-state index contributed by atoms with van der Waals surface area (Å²) >= 11 is 0. The molecule has 0 spiro atoms. The Labute approximate surface area is 68.6 Å². The molecule has 0 aromatic heterocycles. The van der Waals surface area contributed by atoms with Gasteiger partial charge in [-0.1, -0.05) is 6.92 Å². The van der Waals surface area contributed by atoms with Gasteiger partial charge < -0.3 is 4.90 Å². The summed E-state index contributed by atoms with van der Waals surface area (Å²) in [5, 5.41) is 0. The molecule has 1 rings (SSSR count). The fourth-order valence-electron chi connectivity index (χ4n) is 1.76. The zero-order chi connectivity index (χ0) is 8.43. The number of ketones is 1. The van der Waals surface area contributed by atoms with E-state index in [1.807, 2.05) is 0 Å². The van der Waals surface area contributed by atoms with E-state index in [-0.39, 0.29) is 5.92 Å². The van der Waals surface area contributed by atoms with Gasteiger partial charge in [0.25, 0.3) is 0 Å². The second-order valence-electron chi connectivity index (χ2n) is 3.75. The Kier molecular flexibility index (Phi) is 2.66. The molecular formula is C9H17NO. The van der Waals surface area contributed by atoms with Crippen molar-refractivity contribution in [2.24, 2.45) is 11.8 Å². The number of Topliss-reactive ketones (excluding diaryl/α,β-unsaturated/α-hetero) is 1. The Morgan fingerprint density at radius 1 is 1.55 bits per heavy atom. The molecule has 0 saturated carbocycles. The number of hydrogen-bond acceptors (Lipinski definition) is 2. The Bertz CT molecular complexity index is 156. The zero-order valence-electron chi connectivity index (χ0n) is 7.63. The monoisotopic (exact) mass is 155 g/mol. The van der Waals surface area contributed by atoms with E-state index in [2.05, 4.69) is 18.9 Å². The summed E-state index contributed by atoms with van der Waals surface area (Å²) in [6.07, 6.45) is 1.17. The third-order valence-corrected chi connectivity index (χ3v) is 2.68. The van der Waals surface area contributed by atoms with Gasteiger partial charge in [0.15, 0.2) is 0 Å². The predicted molar refractivity (Wildman–Crippen MR) is 45.4 cm³/mol. The average molecular weight is 155 g/mol. The third kappa shape index (κ3) is 2.03. The van der Waals surface area contributed by atoms with Gasteiger partial charge in [-0.15, -0.1) is 0 Å². The molecule has 0 aliphatic carbocycles. The molecule has 0 N–H and O–H groups in total. The van der Waals surface area contributed by atoms with E-state index in [4.69, 9.17) is 0 Å². The standard InChI is InChI=1S/C9H17NO/c1-7-4-5-10(3)6-9(7)8(2)11/h7,9H,4-6H2,1-3H3. The normalized spacial score (nSPS) is 33.7. The van der Waals surface area contributed by atoms with Crippen molar-refractivity contribution in [3.05, 3.63) is 0 Å². The lowest BCUT2D eigenvalue weighted by molar-refractivity contribution is -0.123. The highest BCUT2D eigenvalue weighted by atomic mass is 16.1. The topological polar surface area (TPSA) is 20.3 Å². The smallest absolute Gasteiger partial charge is 0.134 e. The van der Waals surface area contributed by atoms with Gasteiger partial charge in [-0.2, -0.15) is 0 Å². The lowest BCUT2D eigenvalue weighted by Gasteiger charge is -2.33. The van der Waals surface area contributed by atoms with Crippen LogP contribution in [-0.4, -0.2) is 30.8 Å². The Morgan fingerprint density at radius 2 is 2.18 bits per heavy atom. The maximum absolute atomic E-state index is 11.1. The van der Waals surface area contributed by atoms with E-state index < -0.39 is 0 Å². The van der Waals surface area contributed by atoms with Crippen molar-refractivity contribution in [3.63, 3.8) is 0 Å². The molecule has 2 unspecified atom stereocenters. The summed E-state index contributed by atoms with van der Waals surface area (Å²) in [6.45, 7) is 5.99. The molecule has 1 fully saturated rings. The molecule has 2 nitrogen and oxygen atoms in total. The first kappa shape index (κ1) is 8.72. The van der Waals surface area contributed by atoms with Gasteiger partial charge in [0.1, 0.15) is 5.78 Å². The van der Waals surface area contributed by atoms with Crippen LogP contribution in [0.4, 0.5) is 0 Å².